The van der Waals surface area contributed by atoms with Gasteiger partial charge in [0.05, 0.1) is 7.11 Å². The number of aromatic nitrogens is 1. The number of ether oxygens (including phenoxy) is 1. The highest BCUT2D eigenvalue weighted by molar-refractivity contribution is 5.73. The average Bonchev–Trinajstić information content (AvgIpc) is 2.25. The highest BCUT2D eigenvalue weighted by Gasteiger charge is 2.08. The second kappa shape index (κ2) is 3.16. The summed E-state index contributed by atoms with van der Waals surface area (Å²) in [5.74, 6) is 0.462. The Hall–Kier alpha value is -2.24. The molecule has 1 N–H and O–H groups in total. The van der Waals surface area contributed by atoms with Crippen molar-refractivity contribution in [2.75, 3.05) is 7.11 Å². The van der Waals surface area contributed by atoms with Crippen LogP contribution in [-0.2, 0) is 0 Å². The van der Waals surface area contributed by atoms with E-state index in [0.29, 0.717) is 5.75 Å². The average molecular weight is 209 g/mol. The van der Waals surface area contributed by atoms with Gasteiger partial charge in [-0.05, 0) is 12.1 Å². The molecule has 15 heavy (non-hydrogen) atoms. The Morgan fingerprint density at radius 2 is 2.13 bits per heavy atom. The predicted octanol–water partition coefficient (Wildman–Crippen LogP) is 0.201. The Bertz CT molecular complexity index is 624. The fraction of sp³-hybridized carbons (Fsp3) is 0.111. The Kier molecular flexibility index (Phi) is 1.96. The molecule has 2 rings (SSSR count). The first-order chi connectivity index (χ1) is 7.13. The van der Waals surface area contributed by atoms with Crippen molar-refractivity contribution in [2.24, 2.45) is 0 Å². The maximum Gasteiger partial charge on any atom is 0.405 e. The predicted molar refractivity (Wildman–Crippen MR) is 50.5 cm³/mol. The quantitative estimate of drug-likeness (QED) is 0.536. The van der Waals surface area contributed by atoms with Gasteiger partial charge < -0.3 is 14.4 Å². The first-order valence-electron chi connectivity index (χ1n) is 4.06. The summed E-state index contributed by atoms with van der Waals surface area (Å²) in [5.41, 5.74) is -2.05. The second-order valence-electron chi connectivity index (χ2n) is 2.84. The third-order valence-corrected chi connectivity index (χ3v) is 1.96. The molecule has 1 aromatic heterocycles. The molecule has 1 aromatic carbocycles. The van der Waals surface area contributed by atoms with Gasteiger partial charge in [0.15, 0.2) is 5.58 Å². The molecule has 2 aromatic rings. The maximum atomic E-state index is 11.0. The van der Waals surface area contributed by atoms with Crippen LogP contribution in [0.25, 0.3) is 11.1 Å². The fourth-order valence-corrected chi connectivity index (χ4v) is 1.22. The van der Waals surface area contributed by atoms with Crippen molar-refractivity contribution in [3.05, 3.63) is 39.0 Å². The molecular weight excluding hydrogens is 202 g/mol. The van der Waals surface area contributed by atoms with E-state index in [-0.39, 0.29) is 15.8 Å². The molecule has 6 nitrogen and oxygen atoms in total. The van der Waals surface area contributed by atoms with Gasteiger partial charge in [-0.15, -0.1) is 4.73 Å². The molecule has 0 aliphatic rings. The zero-order valence-electron chi connectivity index (χ0n) is 7.76. The van der Waals surface area contributed by atoms with Gasteiger partial charge in [-0.1, -0.05) is 0 Å². The van der Waals surface area contributed by atoms with Gasteiger partial charge in [0.25, 0.3) is 0 Å². The van der Waals surface area contributed by atoms with Gasteiger partial charge in [-0.3, -0.25) is 4.79 Å². The van der Waals surface area contributed by atoms with E-state index < -0.39 is 11.2 Å². The topological polar surface area (TPSA) is 81.7 Å². The molecule has 0 fully saturated rings. The summed E-state index contributed by atoms with van der Waals surface area (Å²) in [7, 11) is 1.45. The largest absolute Gasteiger partial charge is 0.497 e. The van der Waals surface area contributed by atoms with E-state index in [1.165, 1.54) is 25.3 Å². The first-order valence-corrected chi connectivity index (χ1v) is 4.06. The van der Waals surface area contributed by atoms with Gasteiger partial charge in [-0.25, -0.2) is 4.79 Å². The molecule has 0 bridgehead atoms. The lowest BCUT2D eigenvalue weighted by atomic mass is 10.3. The molecule has 0 unspecified atom stereocenters. The molecular formula is C9H7NO5. The molecule has 0 saturated carbocycles. The van der Waals surface area contributed by atoms with E-state index in [2.05, 4.69) is 4.42 Å². The van der Waals surface area contributed by atoms with Crippen LogP contribution in [0.4, 0.5) is 0 Å². The lowest BCUT2D eigenvalue weighted by Crippen LogP contribution is -2.32. The lowest BCUT2D eigenvalue weighted by Gasteiger charge is -2.02. The molecule has 0 amide bonds. The Morgan fingerprint density at radius 3 is 2.80 bits per heavy atom. The standard InChI is InChI=1S/C9H7NO5/c1-14-5-2-3-6-7(4-5)15-9(12)8(11)10(6)13/h2-4,13H,1H3. The highest BCUT2D eigenvalue weighted by atomic mass is 16.5. The minimum atomic E-state index is -1.13. The number of fused-ring (bicyclic) bond motifs is 1. The number of nitrogens with zero attached hydrogens (tertiary/aromatic N) is 1. The number of rotatable bonds is 1. The van der Waals surface area contributed by atoms with E-state index in [9.17, 15) is 14.8 Å². The van der Waals surface area contributed by atoms with Crippen LogP contribution in [0.1, 0.15) is 0 Å². The molecule has 78 valence electrons. The smallest absolute Gasteiger partial charge is 0.405 e. The minimum Gasteiger partial charge on any atom is -0.497 e. The molecule has 1 heterocycles. The third-order valence-electron chi connectivity index (χ3n) is 1.96. The SMILES string of the molecule is COc1ccc2c(c1)oc(=O)c(=O)n2O. The molecule has 6 heteroatoms. The summed E-state index contributed by atoms with van der Waals surface area (Å²) in [4.78, 5) is 22.0. The van der Waals surface area contributed by atoms with Crippen molar-refractivity contribution in [3.63, 3.8) is 0 Å². The Labute approximate surface area is 82.9 Å². The summed E-state index contributed by atoms with van der Waals surface area (Å²) < 4.78 is 9.84. The number of methoxy groups -OCH3 is 1. The summed E-state index contributed by atoms with van der Waals surface area (Å²) in [5, 5.41) is 9.31. The molecule has 0 aliphatic heterocycles. The van der Waals surface area contributed by atoms with Crippen molar-refractivity contribution >= 4 is 11.1 Å². The lowest BCUT2D eigenvalue weighted by molar-refractivity contribution is 0.181. The highest BCUT2D eigenvalue weighted by Crippen LogP contribution is 2.17. The zero-order chi connectivity index (χ0) is 11.0. The van der Waals surface area contributed by atoms with E-state index in [1.807, 2.05) is 0 Å². The van der Waals surface area contributed by atoms with Crippen molar-refractivity contribution in [3.8, 4) is 5.75 Å². The Balaban J connectivity index is 2.92. The van der Waals surface area contributed by atoms with E-state index in [4.69, 9.17) is 4.74 Å². The normalized spacial score (nSPS) is 10.5. The molecule has 0 radical (unpaired) electrons. The van der Waals surface area contributed by atoms with Crippen molar-refractivity contribution in [2.45, 2.75) is 0 Å². The van der Waals surface area contributed by atoms with Gasteiger partial charge >= 0.3 is 11.2 Å². The van der Waals surface area contributed by atoms with Crippen LogP contribution in [0.15, 0.2) is 32.2 Å². The van der Waals surface area contributed by atoms with E-state index >= 15 is 0 Å². The summed E-state index contributed by atoms with van der Waals surface area (Å²) >= 11 is 0. The van der Waals surface area contributed by atoms with Crippen LogP contribution < -0.4 is 15.9 Å². The van der Waals surface area contributed by atoms with Gasteiger partial charge in [0, 0.05) is 6.07 Å². The van der Waals surface area contributed by atoms with E-state index in [0.717, 1.165) is 0 Å². The molecule has 0 spiro atoms. The van der Waals surface area contributed by atoms with Gasteiger partial charge in [0.2, 0.25) is 0 Å². The fourth-order valence-electron chi connectivity index (χ4n) is 1.22. The van der Waals surface area contributed by atoms with E-state index in [1.54, 1.807) is 0 Å². The van der Waals surface area contributed by atoms with Gasteiger partial charge in [0.1, 0.15) is 11.3 Å². The van der Waals surface area contributed by atoms with Crippen molar-refractivity contribution in [1.29, 1.82) is 0 Å². The number of benzene rings is 1. The third kappa shape index (κ3) is 1.35. The van der Waals surface area contributed by atoms with Crippen molar-refractivity contribution in [1.82, 2.24) is 4.73 Å². The number of hydrogen-bond acceptors (Lipinski definition) is 5. The van der Waals surface area contributed by atoms with Crippen LogP contribution in [0.5, 0.6) is 5.75 Å². The second-order valence-corrected chi connectivity index (χ2v) is 2.84. The van der Waals surface area contributed by atoms with Crippen LogP contribution in [0.2, 0.25) is 0 Å². The van der Waals surface area contributed by atoms with Crippen LogP contribution in [0.3, 0.4) is 0 Å². The Morgan fingerprint density at radius 1 is 1.40 bits per heavy atom. The van der Waals surface area contributed by atoms with Crippen LogP contribution >= 0.6 is 0 Å². The van der Waals surface area contributed by atoms with Crippen LogP contribution in [0, 0.1) is 0 Å². The van der Waals surface area contributed by atoms with Crippen LogP contribution in [-0.4, -0.2) is 17.0 Å². The summed E-state index contributed by atoms with van der Waals surface area (Å²) in [6, 6.07) is 4.36. The minimum absolute atomic E-state index is 0.0847. The monoisotopic (exact) mass is 209 g/mol. The first kappa shape index (κ1) is 9.32. The molecule has 0 aliphatic carbocycles. The maximum absolute atomic E-state index is 11.0. The summed E-state index contributed by atoms with van der Waals surface area (Å²) in [6.45, 7) is 0. The summed E-state index contributed by atoms with van der Waals surface area (Å²) in [6.07, 6.45) is 0. The molecule has 0 saturated heterocycles. The number of hydrogen-bond donors (Lipinski definition) is 1. The van der Waals surface area contributed by atoms with Gasteiger partial charge in [-0.2, -0.15) is 0 Å². The molecule has 0 atom stereocenters. The zero-order valence-corrected chi connectivity index (χ0v) is 7.76. The van der Waals surface area contributed by atoms with Crippen molar-refractivity contribution < 1.29 is 14.4 Å².